The van der Waals surface area contributed by atoms with Crippen LogP contribution in [0.15, 0.2) is 63.8 Å². The van der Waals surface area contributed by atoms with E-state index in [0.717, 1.165) is 5.56 Å². The lowest BCUT2D eigenvalue weighted by Crippen LogP contribution is -2.23. The van der Waals surface area contributed by atoms with E-state index in [1.54, 1.807) is 19.1 Å². The van der Waals surface area contributed by atoms with Crippen LogP contribution in [-0.2, 0) is 14.8 Å². The number of aromatic nitrogens is 2. The van der Waals surface area contributed by atoms with Crippen LogP contribution in [0.5, 0.6) is 0 Å². The maximum atomic E-state index is 13.0. The largest absolute Gasteiger partial charge is 0.374 e. The lowest BCUT2D eigenvalue weighted by molar-refractivity contribution is -0.115. The number of sulfonamides is 1. The van der Waals surface area contributed by atoms with Crippen molar-refractivity contribution < 1.29 is 13.2 Å². The zero-order valence-corrected chi connectivity index (χ0v) is 17.9. The molecule has 0 saturated heterocycles. The van der Waals surface area contributed by atoms with E-state index in [4.69, 9.17) is 5.73 Å². The standard InChI is InChI=1S/C18H19N5O3S3/c1-2-20-29(25,26)14-10-8-13(9-11-14)21-16(24)15(12-6-4-3-5-7-12)27-18-23-22-17(19)28-18/h3-11,15,20H,2H2,1H3,(H2,19,22)(H,21,24)/t15-/m0/s1. The number of carbonyl (C=O) groups is 1. The Morgan fingerprint density at radius 1 is 1.14 bits per heavy atom. The van der Waals surface area contributed by atoms with Crippen LogP contribution in [-0.4, -0.2) is 31.1 Å². The number of nitrogens with one attached hydrogen (secondary N) is 2. The topological polar surface area (TPSA) is 127 Å². The zero-order chi connectivity index (χ0) is 20.9. The molecule has 1 amide bonds. The van der Waals surface area contributed by atoms with Crippen molar-refractivity contribution in [3.05, 3.63) is 60.2 Å². The first-order valence-electron chi connectivity index (χ1n) is 8.60. The molecular weight excluding hydrogens is 430 g/mol. The summed E-state index contributed by atoms with van der Waals surface area (Å²) in [5, 5.41) is 10.3. The molecule has 1 heterocycles. The number of rotatable bonds is 8. The molecule has 0 aliphatic rings. The van der Waals surface area contributed by atoms with Gasteiger partial charge in [-0.3, -0.25) is 4.79 Å². The van der Waals surface area contributed by atoms with E-state index < -0.39 is 15.3 Å². The Morgan fingerprint density at radius 2 is 1.83 bits per heavy atom. The molecule has 8 nitrogen and oxygen atoms in total. The molecule has 1 atom stereocenters. The molecule has 29 heavy (non-hydrogen) atoms. The Bertz CT molecular complexity index is 1070. The third-order valence-corrected chi connectivity index (χ3v) is 7.40. The van der Waals surface area contributed by atoms with Crippen molar-refractivity contribution in [1.82, 2.24) is 14.9 Å². The molecule has 0 unspecified atom stereocenters. The Hall–Kier alpha value is -2.47. The number of carbonyl (C=O) groups excluding carboxylic acids is 1. The summed E-state index contributed by atoms with van der Waals surface area (Å²) < 4.78 is 27.1. The fraction of sp³-hybridized carbons (Fsp3) is 0.167. The summed E-state index contributed by atoms with van der Waals surface area (Å²) >= 11 is 2.46. The van der Waals surface area contributed by atoms with Crippen LogP contribution >= 0.6 is 23.1 Å². The fourth-order valence-electron chi connectivity index (χ4n) is 2.47. The lowest BCUT2D eigenvalue weighted by atomic mass is 10.1. The quantitative estimate of drug-likeness (QED) is 0.451. The minimum absolute atomic E-state index is 0.135. The van der Waals surface area contributed by atoms with Crippen molar-refractivity contribution >= 4 is 49.8 Å². The first-order valence-corrected chi connectivity index (χ1v) is 11.8. The molecule has 0 aliphatic carbocycles. The summed E-state index contributed by atoms with van der Waals surface area (Å²) in [7, 11) is -3.55. The molecule has 0 radical (unpaired) electrons. The molecule has 11 heteroatoms. The molecule has 3 aromatic rings. The second-order valence-corrected chi connectivity index (χ2v) is 9.96. The number of nitrogens with two attached hydrogens (primary N) is 1. The predicted octanol–water partition coefficient (Wildman–Crippen LogP) is 2.89. The summed E-state index contributed by atoms with van der Waals surface area (Å²) in [6, 6.07) is 15.3. The molecule has 1 aromatic heterocycles. The van der Waals surface area contributed by atoms with Gasteiger partial charge >= 0.3 is 0 Å². The number of amides is 1. The molecule has 3 rings (SSSR count). The number of benzene rings is 2. The third-order valence-electron chi connectivity index (χ3n) is 3.75. The van der Waals surface area contributed by atoms with Gasteiger partial charge in [-0.25, -0.2) is 13.1 Å². The van der Waals surface area contributed by atoms with Crippen LogP contribution in [0, 0.1) is 0 Å². The van der Waals surface area contributed by atoms with Gasteiger partial charge in [-0.2, -0.15) is 0 Å². The van der Waals surface area contributed by atoms with Crippen LogP contribution in [0.25, 0.3) is 0 Å². The highest BCUT2D eigenvalue weighted by Crippen LogP contribution is 2.38. The number of nitrogen functional groups attached to an aromatic ring is 1. The Balaban J connectivity index is 1.79. The SMILES string of the molecule is CCNS(=O)(=O)c1ccc(NC(=O)[C@@H](Sc2nnc(N)s2)c2ccccc2)cc1. The summed E-state index contributed by atoms with van der Waals surface area (Å²) in [4.78, 5) is 13.1. The van der Waals surface area contributed by atoms with Gasteiger partial charge in [-0.15, -0.1) is 10.2 Å². The van der Waals surface area contributed by atoms with E-state index in [9.17, 15) is 13.2 Å². The minimum Gasteiger partial charge on any atom is -0.374 e. The number of nitrogens with zero attached hydrogens (tertiary/aromatic N) is 2. The average Bonchev–Trinajstić information content (AvgIpc) is 3.12. The maximum absolute atomic E-state index is 13.0. The third kappa shape index (κ3) is 5.54. The van der Waals surface area contributed by atoms with Gasteiger partial charge in [0, 0.05) is 12.2 Å². The lowest BCUT2D eigenvalue weighted by Gasteiger charge is -2.16. The number of hydrogen-bond donors (Lipinski definition) is 3. The van der Waals surface area contributed by atoms with Crippen LogP contribution in [0.2, 0.25) is 0 Å². The van der Waals surface area contributed by atoms with E-state index in [0.29, 0.717) is 21.7 Å². The van der Waals surface area contributed by atoms with Crippen LogP contribution < -0.4 is 15.8 Å². The Kier molecular flexibility index (Phi) is 6.85. The summed E-state index contributed by atoms with van der Waals surface area (Å²) in [6.07, 6.45) is 0. The Morgan fingerprint density at radius 3 is 2.41 bits per heavy atom. The van der Waals surface area contributed by atoms with Crippen LogP contribution in [0.3, 0.4) is 0 Å². The molecule has 2 aromatic carbocycles. The van der Waals surface area contributed by atoms with Crippen molar-refractivity contribution in [3.63, 3.8) is 0 Å². The highest BCUT2D eigenvalue weighted by molar-refractivity contribution is 8.02. The molecule has 0 saturated carbocycles. The number of thioether (sulfide) groups is 1. The van der Waals surface area contributed by atoms with Crippen LogP contribution in [0.1, 0.15) is 17.7 Å². The van der Waals surface area contributed by atoms with Crippen LogP contribution in [0.4, 0.5) is 10.8 Å². The first-order chi connectivity index (χ1) is 13.9. The predicted molar refractivity (Wildman–Crippen MR) is 115 cm³/mol. The molecular formula is C18H19N5O3S3. The maximum Gasteiger partial charge on any atom is 0.242 e. The van der Waals surface area contributed by atoms with E-state index in [2.05, 4.69) is 20.2 Å². The minimum atomic E-state index is -3.55. The molecule has 0 aliphatic heterocycles. The van der Waals surface area contributed by atoms with Gasteiger partial charge < -0.3 is 11.1 Å². The zero-order valence-electron chi connectivity index (χ0n) is 15.4. The van der Waals surface area contributed by atoms with Crippen molar-refractivity contribution in [2.24, 2.45) is 0 Å². The second-order valence-electron chi connectivity index (χ2n) is 5.83. The Labute approximate surface area is 177 Å². The van der Waals surface area contributed by atoms with Crippen molar-refractivity contribution in [2.75, 3.05) is 17.6 Å². The smallest absolute Gasteiger partial charge is 0.242 e. The van der Waals surface area contributed by atoms with E-state index in [1.807, 2.05) is 30.3 Å². The highest BCUT2D eigenvalue weighted by atomic mass is 32.2. The first kappa shape index (κ1) is 21.2. The van der Waals surface area contributed by atoms with Crippen molar-refractivity contribution in [3.8, 4) is 0 Å². The summed E-state index contributed by atoms with van der Waals surface area (Å²) in [5.74, 6) is -0.266. The van der Waals surface area contributed by atoms with Gasteiger partial charge in [0.05, 0.1) is 4.90 Å². The number of anilines is 2. The highest BCUT2D eigenvalue weighted by Gasteiger charge is 2.24. The molecule has 0 fully saturated rings. The van der Waals surface area contributed by atoms with E-state index in [1.165, 1.54) is 35.2 Å². The second kappa shape index (κ2) is 9.35. The summed E-state index contributed by atoms with van der Waals surface area (Å²) in [5.41, 5.74) is 6.93. The van der Waals surface area contributed by atoms with Gasteiger partial charge in [-0.05, 0) is 29.8 Å². The van der Waals surface area contributed by atoms with E-state index in [-0.39, 0.29) is 10.8 Å². The summed E-state index contributed by atoms with van der Waals surface area (Å²) in [6.45, 7) is 2.01. The molecule has 152 valence electrons. The fourth-order valence-corrected chi connectivity index (χ4v) is 5.34. The number of hydrogen-bond acceptors (Lipinski definition) is 8. The van der Waals surface area contributed by atoms with Gasteiger partial charge in [0.15, 0.2) is 4.34 Å². The molecule has 0 spiro atoms. The van der Waals surface area contributed by atoms with E-state index >= 15 is 0 Å². The monoisotopic (exact) mass is 449 g/mol. The van der Waals surface area contributed by atoms with Gasteiger partial charge in [-0.1, -0.05) is 60.4 Å². The van der Waals surface area contributed by atoms with Gasteiger partial charge in [0.2, 0.25) is 21.1 Å². The van der Waals surface area contributed by atoms with Crippen molar-refractivity contribution in [1.29, 1.82) is 0 Å². The van der Waals surface area contributed by atoms with Crippen molar-refractivity contribution in [2.45, 2.75) is 21.4 Å². The molecule has 4 N–H and O–H groups in total. The normalized spacial score (nSPS) is 12.4. The van der Waals surface area contributed by atoms with Gasteiger partial charge in [0.25, 0.3) is 0 Å². The molecule has 0 bridgehead atoms. The average molecular weight is 450 g/mol. The van der Waals surface area contributed by atoms with Gasteiger partial charge in [0.1, 0.15) is 5.25 Å².